The van der Waals surface area contributed by atoms with Gasteiger partial charge in [0.15, 0.2) is 0 Å². The molecule has 1 aromatic heterocycles. The first kappa shape index (κ1) is 36.2. The molecule has 0 atom stereocenters. The number of hydrogen-bond donors (Lipinski definition) is 0. The molecule has 66 heavy (non-hydrogen) atoms. The zero-order valence-corrected chi connectivity index (χ0v) is 36.4. The molecule has 3 heterocycles. The molecule has 11 aromatic rings. The van der Waals surface area contributed by atoms with Crippen molar-refractivity contribution in [3.8, 4) is 45.3 Å². The first-order valence-corrected chi connectivity index (χ1v) is 23.5. The Balaban J connectivity index is 1.01. The molecule has 0 unspecified atom stereocenters. The van der Waals surface area contributed by atoms with Gasteiger partial charge in [-0.15, -0.1) is 11.3 Å². The summed E-state index contributed by atoms with van der Waals surface area (Å²) in [5.74, 6) is 3.58. The van der Waals surface area contributed by atoms with Gasteiger partial charge in [0.25, 0.3) is 0 Å². The number of hydrogen-bond acceptors (Lipinski definition) is 4. The Hall–Kier alpha value is -8.18. The minimum absolute atomic E-state index is 0.548. The highest BCUT2D eigenvalue weighted by atomic mass is 32.1. The van der Waals surface area contributed by atoms with E-state index < -0.39 is 10.8 Å². The number of anilines is 3. The number of rotatable bonds is 3. The van der Waals surface area contributed by atoms with Crippen molar-refractivity contribution in [1.82, 2.24) is 0 Å². The maximum atomic E-state index is 6.67. The molecule has 0 saturated carbocycles. The summed E-state index contributed by atoms with van der Waals surface area (Å²) in [5, 5.41) is 2.54. The Morgan fingerprint density at radius 1 is 0.318 bits per heavy atom. The molecule has 0 fully saturated rings. The molecular weight excluding hydrogens is 823 g/mol. The summed E-state index contributed by atoms with van der Waals surface area (Å²) in [4.78, 5) is 2.51. The van der Waals surface area contributed by atoms with Gasteiger partial charge < -0.3 is 14.4 Å². The molecular formula is C62H37NO2S. The molecule has 0 radical (unpaired) electrons. The minimum Gasteiger partial charge on any atom is -0.457 e. The van der Waals surface area contributed by atoms with E-state index in [-0.39, 0.29) is 0 Å². The zero-order valence-electron chi connectivity index (χ0n) is 35.5. The van der Waals surface area contributed by atoms with Crippen LogP contribution in [-0.4, -0.2) is 0 Å². The second-order valence-electron chi connectivity index (χ2n) is 17.8. The molecule has 4 aliphatic rings. The summed E-state index contributed by atoms with van der Waals surface area (Å²) < 4.78 is 15.9. The van der Waals surface area contributed by atoms with Crippen LogP contribution in [-0.2, 0) is 10.8 Å². The standard InChI is InChI=1S/C62H37NO2S/c1-4-20-46-40(16-1)44-36-38(32-34-48(44)61(46)50-22-6-10-27-55(50)64-56-28-11-7-23-51(56)61)63(54-26-15-19-43-42-18-3-14-31-59(42)66-60(43)54)39-33-35-49-45(37-39)41-17-2-5-21-47(41)62(49)52-24-8-12-29-57(52)65-58-30-13-9-25-53(58)62/h1-37H. The maximum Gasteiger partial charge on any atom is 0.132 e. The summed E-state index contributed by atoms with van der Waals surface area (Å²) in [6.07, 6.45) is 0. The lowest BCUT2D eigenvalue weighted by Gasteiger charge is -2.39. The van der Waals surface area contributed by atoms with Crippen LogP contribution in [0.15, 0.2) is 224 Å². The summed E-state index contributed by atoms with van der Waals surface area (Å²) >= 11 is 1.87. The number of para-hydroxylation sites is 4. The number of ether oxygens (including phenoxy) is 2. The van der Waals surface area contributed by atoms with Gasteiger partial charge in [0.1, 0.15) is 23.0 Å². The second kappa shape index (κ2) is 13.2. The third-order valence-corrected chi connectivity index (χ3v) is 16.0. The Bertz CT molecular complexity index is 3590. The second-order valence-corrected chi connectivity index (χ2v) is 18.9. The molecule has 0 amide bonds. The molecule has 0 bridgehead atoms. The van der Waals surface area contributed by atoms with Crippen LogP contribution in [0.2, 0.25) is 0 Å². The summed E-state index contributed by atoms with van der Waals surface area (Å²) in [6, 6.07) is 82.4. The smallest absolute Gasteiger partial charge is 0.132 e. The maximum absolute atomic E-state index is 6.67. The van der Waals surface area contributed by atoms with Gasteiger partial charge in [0.05, 0.1) is 21.2 Å². The summed E-state index contributed by atoms with van der Waals surface area (Å²) in [5.41, 5.74) is 16.9. The Morgan fingerprint density at radius 3 is 1.21 bits per heavy atom. The Morgan fingerprint density at radius 2 is 0.712 bits per heavy atom. The monoisotopic (exact) mass is 859 g/mol. The van der Waals surface area contributed by atoms with Crippen molar-refractivity contribution in [2.75, 3.05) is 4.90 Å². The first-order valence-electron chi connectivity index (χ1n) is 22.7. The lowest BCUT2D eigenvalue weighted by Crippen LogP contribution is -2.32. The summed E-state index contributed by atoms with van der Waals surface area (Å²) in [7, 11) is 0. The van der Waals surface area contributed by atoms with Gasteiger partial charge in [-0.05, 0) is 105 Å². The summed E-state index contributed by atoms with van der Waals surface area (Å²) in [6.45, 7) is 0. The fourth-order valence-electron chi connectivity index (χ4n) is 12.3. The molecule has 15 rings (SSSR count). The van der Waals surface area contributed by atoms with Crippen LogP contribution in [0.5, 0.6) is 23.0 Å². The number of benzene rings is 10. The van der Waals surface area contributed by atoms with Crippen molar-refractivity contribution < 1.29 is 9.47 Å². The van der Waals surface area contributed by atoms with Crippen molar-refractivity contribution in [1.29, 1.82) is 0 Å². The van der Waals surface area contributed by atoms with E-state index >= 15 is 0 Å². The van der Waals surface area contributed by atoms with Gasteiger partial charge in [-0.1, -0.05) is 164 Å². The molecule has 2 spiro atoms. The van der Waals surface area contributed by atoms with E-state index in [1.165, 1.54) is 64.7 Å². The van der Waals surface area contributed by atoms with E-state index in [2.05, 4.69) is 229 Å². The normalized spacial score (nSPS) is 14.5. The highest BCUT2D eigenvalue weighted by Gasteiger charge is 2.53. The Kier molecular flexibility index (Phi) is 7.24. The average Bonchev–Trinajstić information content (AvgIpc) is 4.00. The average molecular weight is 860 g/mol. The minimum atomic E-state index is -0.548. The van der Waals surface area contributed by atoms with Crippen molar-refractivity contribution >= 4 is 48.6 Å². The van der Waals surface area contributed by atoms with E-state index in [1.54, 1.807) is 0 Å². The lowest BCUT2D eigenvalue weighted by atomic mass is 9.66. The van der Waals surface area contributed by atoms with E-state index in [4.69, 9.17) is 9.47 Å². The predicted octanol–water partition coefficient (Wildman–Crippen LogP) is 16.5. The van der Waals surface area contributed by atoms with Crippen LogP contribution in [0.4, 0.5) is 17.1 Å². The molecule has 308 valence electrons. The Labute approximate surface area is 386 Å². The third kappa shape index (κ3) is 4.51. The highest BCUT2D eigenvalue weighted by molar-refractivity contribution is 7.26. The molecule has 2 aliphatic carbocycles. The molecule has 3 nitrogen and oxygen atoms in total. The van der Waals surface area contributed by atoms with Gasteiger partial charge in [0, 0.05) is 49.1 Å². The van der Waals surface area contributed by atoms with Gasteiger partial charge >= 0.3 is 0 Å². The van der Waals surface area contributed by atoms with Crippen LogP contribution in [0, 0.1) is 0 Å². The van der Waals surface area contributed by atoms with Crippen molar-refractivity contribution in [3.63, 3.8) is 0 Å². The highest BCUT2D eigenvalue weighted by Crippen LogP contribution is 2.65. The SMILES string of the molecule is c1ccc2c(c1)Oc1ccccc1C21c2ccccc2-c2cc(N(c3ccc4c(c3)-c3ccccc3C43c4ccccc4Oc4ccccc43)c3cccc4c3sc3ccccc34)ccc21. The molecule has 10 aromatic carbocycles. The van der Waals surface area contributed by atoms with Crippen molar-refractivity contribution in [3.05, 3.63) is 269 Å². The van der Waals surface area contributed by atoms with Crippen molar-refractivity contribution in [2.45, 2.75) is 10.8 Å². The van der Waals surface area contributed by atoms with Gasteiger partial charge in [-0.2, -0.15) is 0 Å². The quantitative estimate of drug-likeness (QED) is 0.177. The predicted molar refractivity (Wildman–Crippen MR) is 269 cm³/mol. The van der Waals surface area contributed by atoms with Crippen LogP contribution < -0.4 is 14.4 Å². The lowest BCUT2D eigenvalue weighted by molar-refractivity contribution is 0.436. The molecule has 4 heteroatoms. The van der Waals surface area contributed by atoms with E-state index in [1.807, 2.05) is 11.3 Å². The zero-order chi connectivity index (χ0) is 43.1. The van der Waals surface area contributed by atoms with Gasteiger partial charge in [0.2, 0.25) is 0 Å². The number of nitrogens with zero attached hydrogens (tertiary/aromatic N) is 1. The van der Waals surface area contributed by atoms with Gasteiger partial charge in [-0.25, -0.2) is 0 Å². The van der Waals surface area contributed by atoms with E-state index in [9.17, 15) is 0 Å². The van der Waals surface area contributed by atoms with Crippen LogP contribution in [0.3, 0.4) is 0 Å². The van der Waals surface area contributed by atoms with Gasteiger partial charge in [-0.3, -0.25) is 0 Å². The largest absolute Gasteiger partial charge is 0.457 e. The van der Waals surface area contributed by atoms with Crippen LogP contribution in [0.1, 0.15) is 44.5 Å². The van der Waals surface area contributed by atoms with E-state index in [0.717, 1.165) is 62.3 Å². The van der Waals surface area contributed by atoms with Crippen molar-refractivity contribution in [2.24, 2.45) is 0 Å². The van der Waals surface area contributed by atoms with E-state index in [0.29, 0.717) is 0 Å². The van der Waals surface area contributed by atoms with Crippen LogP contribution in [0.25, 0.3) is 42.4 Å². The fourth-order valence-corrected chi connectivity index (χ4v) is 13.5. The topological polar surface area (TPSA) is 21.7 Å². The molecule has 0 saturated heterocycles. The molecule has 0 N–H and O–H groups in total. The number of thiophene rings is 1. The third-order valence-electron chi connectivity index (χ3n) is 14.8. The first-order chi connectivity index (χ1) is 32.7. The number of fused-ring (bicyclic) bond motifs is 21. The van der Waals surface area contributed by atoms with Crippen LogP contribution >= 0.6 is 11.3 Å². The fraction of sp³-hybridized carbons (Fsp3) is 0.0323. The molecule has 2 aliphatic heterocycles.